The summed E-state index contributed by atoms with van der Waals surface area (Å²) in [5.41, 5.74) is 0.677. The Morgan fingerprint density at radius 1 is 1.08 bits per heavy atom. The summed E-state index contributed by atoms with van der Waals surface area (Å²) in [6, 6.07) is 5.16. The fourth-order valence-corrected chi connectivity index (χ4v) is 3.20. The van der Waals surface area contributed by atoms with Crippen LogP contribution >= 0.6 is 11.8 Å². The molecule has 4 aromatic heterocycles. The molecule has 0 aliphatic heterocycles. The summed E-state index contributed by atoms with van der Waals surface area (Å²) >= 11 is 1.38. The molecule has 0 radical (unpaired) electrons. The SMILES string of the molecule is CCCn1ccc2nc3ccn(-c4nc(SC)n[nH]4)c(=O)c3cc2c1=O. The number of H-pyrrole nitrogens is 1. The van der Waals surface area contributed by atoms with Crippen LogP contribution in [0.15, 0.2) is 45.3 Å². The molecule has 0 unspecified atom stereocenters. The fraction of sp³-hybridized carbons (Fsp3) is 0.235. The highest BCUT2D eigenvalue weighted by Gasteiger charge is 2.12. The van der Waals surface area contributed by atoms with E-state index in [0.29, 0.717) is 39.5 Å². The van der Waals surface area contributed by atoms with Crippen molar-refractivity contribution in [1.29, 1.82) is 0 Å². The first-order valence-corrected chi connectivity index (χ1v) is 9.37. The third kappa shape index (κ3) is 2.60. The molecule has 0 atom stereocenters. The standard InChI is InChI=1S/C17H16N6O2S/c1-3-6-22-7-4-12-10(14(22)24)9-11-13(18-12)5-8-23(15(11)25)16-19-17(26-2)21-20-16/h4-5,7-9H,3,6H2,1-2H3,(H,19,20,21). The zero-order valence-electron chi connectivity index (χ0n) is 14.3. The topological polar surface area (TPSA) is 98.5 Å². The number of aromatic amines is 1. The molecule has 0 aliphatic carbocycles. The quantitative estimate of drug-likeness (QED) is 0.437. The van der Waals surface area contributed by atoms with Gasteiger partial charge in [-0.3, -0.25) is 14.2 Å². The van der Waals surface area contributed by atoms with Crippen LogP contribution in [-0.2, 0) is 6.54 Å². The summed E-state index contributed by atoms with van der Waals surface area (Å²) in [5, 5.41) is 8.13. The lowest BCUT2D eigenvalue weighted by molar-refractivity contribution is 0.659. The Labute approximate surface area is 151 Å². The van der Waals surface area contributed by atoms with Crippen LogP contribution in [0.4, 0.5) is 0 Å². The maximum Gasteiger partial charge on any atom is 0.266 e. The van der Waals surface area contributed by atoms with Crippen LogP contribution in [0.5, 0.6) is 0 Å². The first kappa shape index (κ1) is 16.5. The van der Waals surface area contributed by atoms with Gasteiger partial charge in [0.2, 0.25) is 11.1 Å². The van der Waals surface area contributed by atoms with Gasteiger partial charge in [0.15, 0.2) is 0 Å². The van der Waals surface area contributed by atoms with Crippen molar-refractivity contribution < 1.29 is 0 Å². The van der Waals surface area contributed by atoms with Crippen LogP contribution in [0, 0.1) is 0 Å². The van der Waals surface area contributed by atoms with Crippen LogP contribution in [0.3, 0.4) is 0 Å². The average Bonchev–Trinajstić information content (AvgIpc) is 3.13. The Hall–Kier alpha value is -2.94. The van der Waals surface area contributed by atoms with Gasteiger partial charge >= 0.3 is 0 Å². The van der Waals surface area contributed by atoms with Crippen LogP contribution in [-0.4, -0.2) is 35.6 Å². The third-order valence-corrected chi connectivity index (χ3v) is 4.69. The van der Waals surface area contributed by atoms with Crippen molar-refractivity contribution in [1.82, 2.24) is 29.3 Å². The molecule has 0 saturated carbocycles. The van der Waals surface area contributed by atoms with Gasteiger partial charge in [0, 0.05) is 18.9 Å². The number of pyridine rings is 3. The lowest BCUT2D eigenvalue weighted by Crippen LogP contribution is -2.22. The highest BCUT2D eigenvalue weighted by Crippen LogP contribution is 2.15. The first-order chi connectivity index (χ1) is 12.6. The number of fused-ring (bicyclic) bond motifs is 2. The highest BCUT2D eigenvalue weighted by atomic mass is 32.2. The first-order valence-electron chi connectivity index (χ1n) is 8.14. The summed E-state index contributed by atoms with van der Waals surface area (Å²) < 4.78 is 3.01. The number of rotatable bonds is 4. The molecular formula is C17H16N6O2S. The van der Waals surface area contributed by atoms with Crippen molar-refractivity contribution in [2.45, 2.75) is 25.0 Å². The lowest BCUT2D eigenvalue weighted by atomic mass is 10.2. The van der Waals surface area contributed by atoms with Crippen LogP contribution in [0.1, 0.15) is 13.3 Å². The zero-order valence-corrected chi connectivity index (χ0v) is 15.1. The minimum Gasteiger partial charge on any atom is -0.315 e. The van der Waals surface area contributed by atoms with E-state index in [-0.39, 0.29) is 11.1 Å². The van der Waals surface area contributed by atoms with Gasteiger partial charge in [-0.1, -0.05) is 18.7 Å². The summed E-state index contributed by atoms with van der Waals surface area (Å²) in [6.45, 7) is 2.63. The molecular weight excluding hydrogens is 352 g/mol. The molecule has 0 fully saturated rings. The Bertz CT molecular complexity index is 1240. The fourth-order valence-electron chi connectivity index (χ4n) is 2.89. The smallest absolute Gasteiger partial charge is 0.266 e. The van der Waals surface area contributed by atoms with E-state index in [1.165, 1.54) is 16.3 Å². The van der Waals surface area contributed by atoms with E-state index in [9.17, 15) is 9.59 Å². The second-order valence-corrected chi connectivity index (χ2v) is 6.58. The van der Waals surface area contributed by atoms with E-state index in [0.717, 1.165) is 6.42 Å². The van der Waals surface area contributed by atoms with E-state index in [4.69, 9.17) is 0 Å². The minimum atomic E-state index is -0.300. The number of hydrogen-bond donors (Lipinski definition) is 1. The molecule has 1 N–H and O–H groups in total. The molecule has 26 heavy (non-hydrogen) atoms. The molecule has 0 aliphatic rings. The molecule has 8 nitrogen and oxygen atoms in total. The summed E-state index contributed by atoms with van der Waals surface area (Å²) in [7, 11) is 0. The molecule has 0 saturated heterocycles. The van der Waals surface area contributed by atoms with Gasteiger partial charge in [0.05, 0.1) is 21.8 Å². The molecule has 4 aromatic rings. The predicted octanol–water partition coefficient (Wildman–Crippen LogP) is 1.95. The van der Waals surface area contributed by atoms with Gasteiger partial charge in [-0.05, 0) is 30.9 Å². The summed E-state index contributed by atoms with van der Waals surface area (Å²) in [5.74, 6) is 0.331. The monoisotopic (exact) mass is 368 g/mol. The molecule has 0 spiro atoms. The van der Waals surface area contributed by atoms with Crippen molar-refractivity contribution in [2.24, 2.45) is 0 Å². The zero-order chi connectivity index (χ0) is 18.3. The van der Waals surface area contributed by atoms with Crippen LogP contribution < -0.4 is 11.1 Å². The molecule has 0 amide bonds. The Morgan fingerprint density at radius 2 is 1.81 bits per heavy atom. The second-order valence-electron chi connectivity index (χ2n) is 5.80. The number of thioether (sulfide) groups is 1. The second kappa shape index (κ2) is 6.41. The average molecular weight is 368 g/mol. The molecule has 4 rings (SSSR count). The van der Waals surface area contributed by atoms with E-state index in [1.807, 2.05) is 13.2 Å². The number of nitrogens with zero attached hydrogens (tertiary/aromatic N) is 5. The molecule has 0 aromatic carbocycles. The van der Waals surface area contributed by atoms with E-state index < -0.39 is 0 Å². The van der Waals surface area contributed by atoms with Crippen molar-refractivity contribution in [3.05, 3.63) is 51.3 Å². The number of aryl methyl sites for hydroxylation is 1. The Balaban J connectivity index is 1.98. The normalized spacial score (nSPS) is 11.5. The van der Waals surface area contributed by atoms with Gasteiger partial charge in [-0.15, -0.1) is 5.10 Å². The largest absolute Gasteiger partial charge is 0.315 e. The molecule has 0 bridgehead atoms. The van der Waals surface area contributed by atoms with Gasteiger partial charge in [-0.2, -0.15) is 4.98 Å². The number of aromatic nitrogens is 6. The van der Waals surface area contributed by atoms with Gasteiger partial charge in [0.25, 0.3) is 11.1 Å². The van der Waals surface area contributed by atoms with Crippen molar-refractivity contribution >= 4 is 33.6 Å². The van der Waals surface area contributed by atoms with Crippen molar-refractivity contribution in [2.75, 3.05) is 6.26 Å². The van der Waals surface area contributed by atoms with Crippen LogP contribution in [0.2, 0.25) is 0 Å². The maximum absolute atomic E-state index is 12.9. The third-order valence-electron chi connectivity index (χ3n) is 4.14. The lowest BCUT2D eigenvalue weighted by Gasteiger charge is -2.07. The summed E-state index contributed by atoms with van der Waals surface area (Å²) in [6.07, 6.45) is 6.05. The van der Waals surface area contributed by atoms with Crippen molar-refractivity contribution in [3.63, 3.8) is 0 Å². The van der Waals surface area contributed by atoms with Crippen LogP contribution in [0.25, 0.3) is 27.8 Å². The highest BCUT2D eigenvalue weighted by molar-refractivity contribution is 7.98. The van der Waals surface area contributed by atoms with Gasteiger partial charge < -0.3 is 4.57 Å². The van der Waals surface area contributed by atoms with E-state index in [2.05, 4.69) is 20.2 Å². The Morgan fingerprint density at radius 3 is 2.50 bits per heavy atom. The van der Waals surface area contributed by atoms with Gasteiger partial charge in [0.1, 0.15) is 0 Å². The molecule has 4 heterocycles. The predicted molar refractivity (Wildman–Crippen MR) is 101 cm³/mol. The van der Waals surface area contributed by atoms with Gasteiger partial charge in [-0.25, -0.2) is 10.1 Å². The summed E-state index contributed by atoms with van der Waals surface area (Å²) in [4.78, 5) is 34.3. The number of nitrogens with one attached hydrogen (secondary N) is 1. The van der Waals surface area contributed by atoms with Crippen molar-refractivity contribution in [3.8, 4) is 5.95 Å². The minimum absolute atomic E-state index is 0.141. The maximum atomic E-state index is 12.9. The van der Waals surface area contributed by atoms with E-state index in [1.54, 1.807) is 35.2 Å². The number of hydrogen-bond acceptors (Lipinski definition) is 6. The molecule has 9 heteroatoms. The Kier molecular flexibility index (Phi) is 4.08. The van der Waals surface area contributed by atoms with E-state index >= 15 is 0 Å². The molecule has 132 valence electrons.